The van der Waals surface area contributed by atoms with Crippen LogP contribution in [0.2, 0.25) is 5.02 Å². The second kappa shape index (κ2) is 5.95. The molecule has 0 radical (unpaired) electrons. The average Bonchev–Trinajstić information content (AvgIpc) is 2.85. The second-order valence-electron chi connectivity index (χ2n) is 4.67. The Morgan fingerprint density at radius 1 is 1.04 bits per heavy atom. The van der Waals surface area contributed by atoms with Crippen LogP contribution in [-0.2, 0) is 9.53 Å². The van der Waals surface area contributed by atoms with E-state index in [1.807, 2.05) is 6.07 Å². The van der Waals surface area contributed by atoms with Crippen molar-refractivity contribution in [2.45, 2.75) is 0 Å². The predicted molar refractivity (Wildman–Crippen MR) is 84.4 cm³/mol. The van der Waals surface area contributed by atoms with Crippen molar-refractivity contribution in [1.82, 2.24) is 0 Å². The first kappa shape index (κ1) is 14.8. The first-order chi connectivity index (χ1) is 11.1. The minimum Gasteiger partial charge on any atom is -0.402 e. The van der Waals surface area contributed by atoms with E-state index in [9.17, 15) is 14.9 Å². The number of nitriles is 1. The van der Waals surface area contributed by atoms with E-state index in [-0.39, 0.29) is 11.3 Å². The number of halogens is 1. The Morgan fingerprint density at radius 3 is 2.30 bits per heavy atom. The number of imide groups is 1. The van der Waals surface area contributed by atoms with E-state index >= 15 is 0 Å². The molecule has 1 saturated heterocycles. The van der Waals surface area contributed by atoms with Crippen molar-refractivity contribution < 1.29 is 14.3 Å². The molecule has 2 amide bonds. The van der Waals surface area contributed by atoms with E-state index in [2.05, 4.69) is 0 Å². The highest BCUT2D eigenvalue weighted by Gasteiger charge is 2.40. The molecule has 1 aliphatic heterocycles. The zero-order valence-corrected chi connectivity index (χ0v) is 12.4. The molecule has 1 fully saturated rings. The maximum absolute atomic E-state index is 12.5. The Labute approximate surface area is 137 Å². The molecular weight excluding hydrogens is 316 g/mol. The number of cyclic esters (lactones) is 1. The van der Waals surface area contributed by atoms with Crippen LogP contribution in [0.3, 0.4) is 0 Å². The lowest BCUT2D eigenvalue weighted by Crippen LogP contribution is -2.28. The number of anilines is 1. The lowest BCUT2D eigenvalue weighted by Gasteiger charge is -2.09. The number of nitrogens with zero attached hydrogens (tertiary/aromatic N) is 2. The van der Waals surface area contributed by atoms with Crippen molar-refractivity contribution in [2.24, 2.45) is 0 Å². The molecule has 6 heteroatoms. The van der Waals surface area contributed by atoms with Crippen molar-refractivity contribution in [3.8, 4) is 6.07 Å². The molecule has 0 unspecified atom stereocenters. The van der Waals surface area contributed by atoms with Crippen LogP contribution < -0.4 is 4.90 Å². The SMILES string of the molecule is N#C/C(=C1\OC(=O)N(c2ccccc2)C1=O)c1ccc(Cl)cc1. The van der Waals surface area contributed by atoms with Gasteiger partial charge in [0.15, 0.2) is 0 Å². The van der Waals surface area contributed by atoms with Gasteiger partial charge in [0.1, 0.15) is 11.6 Å². The normalized spacial score (nSPS) is 16.1. The van der Waals surface area contributed by atoms with Crippen LogP contribution in [0.4, 0.5) is 10.5 Å². The van der Waals surface area contributed by atoms with Crippen LogP contribution in [0.5, 0.6) is 0 Å². The minimum absolute atomic E-state index is 0.0153. The minimum atomic E-state index is -0.835. The van der Waals surface area contributed by atoms with Crippen LogP contribution >= 0.6 is 11.6 Å². The molecule has 5 nitrogen and oxygen atoms in total. The van der Waals surface area contributed by atoms with Crippen molar-refractivity contribution in [1.29, 1.82) is 5.26 Å². The highest BCUT2D eigenvalue weighted by Crippen LogP contribution is 2.30. The van der Waals surface area contributed by atoms with E-state index in [1.54, 1.807) is 54.6 Å². The van der Waals surface area contributed by atoms with Gasteiger partial charge in [0.25, 0.3) is 0 Å². The highest BCUT2D eigenvalue weighted by atomic mass is 35.5. The Kier molecular flexibility index (Phi) is 3.83. The average molecular weight is 325 g/mol. The zero-order valence-electron chi connectivity index (χ0n) is 11.7. The van der Waals surface area contributed by atoms with Gasteiger partial charge in [-0.15, -0.1) is 0 Å². The van der Waals surface area contributed by atoms with Crippen molar-refractivity contribution in [2.75, 3.05) is 4.90 Å². The number of allylic oxidation sites excluding steroid dienone is 1. The van der Waals surface area contributed by atoms with E-state index in [0.717, 1.165) is 4.90 Å². The zero-order chi connectivity index (χ0) is 16.4. The Bertz CT molecular complexity index is 852. The lowest BCUT2D eigenvalue weighted by atomic mass is 10.1. The van der Waals surface area contributed by atoms with E-state index in [1.165, 1.54) is 0 Å². The summed E-state index contributed by atoms with van der Waals surface area (Å²) < 4.78 is 5.04. The summed E-state index contributed by atoms with van der Waals surface area (Å²) in [6, 6.07) is 16.6. The van der Waals surface area contributed by atoms with Crippen LogP contribution in [0.25, 0.3) is 5.57 Å². The molecule has 1 aliphatic rings. The quantitative estimate of drug-likeness (QED) is 0.623. The number of hydrogen-bond acceptors (Lipinski definition) is 4. The molecule has 0 atom stereocenters. The highest BCUT2D eigenvalue weighted by molar-refractivity contribution is 6.30. The van der Waals surface area contributed by atoms with Crippen LogP contribution in [0.1, 0.15) is 5.56 Å². The molecule has 112 valence electrons. The molecular formula is C17H9ClN2O3. The van der Waals surface area contributed by atoms with Gasteiger partial charge in [-0.1, -0.05) is 41.9 Å². The molecule has 2 aromatic rings. The second-order valence-corrected chi connectivity index (χ2v) is 5.10. The van der Waals surface area contributed by atoms with Gasteiger partial charge >= 0.3 is 12.0 Å². The van der Waals surface area contributed by atoms with Crippen molar-refractivity contribution >= 4 is 34.9 Å². The molecule has 3 rings (SSSR count). The number of para-hydroxylation sites is 1. The molecule has 0 bridgehead atoms. The van der Waals surface area contributed by atoms with Gasteiger partial charge in [0.05, 0.1) is 5.69 Å². The number of carbonyl (C=O) groups excluding carboxylic acids is 2. The first-order valence-corrected chi connectivity index (χ1v) is 7.01. The molecule has 0 spiro atoms. The molecule has 0 N–H and O–H groups in total. The summed E-state index contributed by atoms with van der Waals surface area (Å²) in [5, 5.41) is 9.86. The number of hydrogen-bond donors (Lipinski definition) is 0. The third-order valence-corrected chi connectivity index (χ3v) is 3.51. The van der Waals surface area contributed by atoms with Gasteiger partial charge in [-0.2, -0.15) is 5.26 Å². The monoisotopic (exact) mass is 324 g/mol. The van der Waals surface area contributed by atoms with Crippen molar-refractivity contribution in [3.05, 3.63) is 70.9 Å². The van der Waals surface area contributed by atoms with Crippen LogP contribution in [0, 0.1) is 11.3 Å². The van der Waals surface area contributed by atoms with Crippen LogP contribution in [0.15, 0.2) is 60.4 Å². The number of benzene rings is 2. The molecule has 0 saturated carbocycles. The van der Waals surface area contributed by atoms with Gasteiger partial charge in [-0.3, -0.25) is 4.79 Å². The summed E-state index contributed by atoms with van der Waals surface area (Å²) in [6.45, 7) is 0. The molecule has 23 heavy (non-hydrogen) atoms. The summed E-state index contributed by atoms with van der Waals surface area (Å²) in [5.41, 5.74) is 0.812. The smallest absolute Gasteiger partial charge is 0.402 e. The fraction of sp³-hybridized carbons (Fsp3) is 0. The van der Waals surface area contributed by atoms with Crippen LogP contribution in [-0.4, -0.2) is 12.0 Å². The van der Waals surface area contributed by atoms with E-state index in [4.69, 9.17) is 16.3 Å². The number of amides is 2. The maximum atomic E-state index is 12.5. The first-order valence-electron chi connectivity index (χ1n) is 6.63. The molecule has 2 aromatic carbocycles. The fourth-order valence-corrected chi connectivity index (χ4v) is 2.31. The lowest BCUT2D eigenvalue weighted by molar-refractivity contribution is -0.114. The van der Waals surface area contributed by atoms with Gasteiger partial charge in [0.2, 0.25) is 5.76 Å². The predicted octanol–water partition coefficient (Wildman–Crippen LogP) is 3.76. The summed E-state index contributed by atoms with van der Waals surface area (Å²) in [7, 11) is 0. The number of carbonyl (C=O) groups is 2. The van der Waals surface area contributed by atoms with Gasteiger partial charge in [-0.25, -0.2) is 9.69 Å². The fourth-order valence-electron chi connectivity index (χ4n) is 2.18. The Morgan fingerprint density at radius 2 is 1.70 bits per heavy atom. The topological polar surface area (TPSA) is 70.4 Å². The standard InChI is InChI=1S/C17H9ClN2O3/c18-12-8-6-11(7-9-12)14(10-19)15-16(21)20(17(22)23-15)13-4-2-1-3-5-13/h1-9H/b15-14+. The third-order valence-electron chi connectivity index (χ3n) is 3.26. The summed E-state index contributed by atoms with van der Waals surface area (Å²) >= 11 is 5.81. The summed E-state index contributed by atoms with van der Waals surface area (Å²) in [6.07, 6.45) is -0.835. The maximum Gasteiger partial charge on any atom is 0.427 e. The summed E-state index contributed by atoms with van der Waals surface area (Å²) in [4.78, 5) is 25.4. The van der Waals surface area contributed by atoms with Gasteiger partial charge in [-0.05, 0) is 29.8 Å². The Hall–Kier alpha value is -3.10. The van der Waals surface area contributed by atoms with E-state index < -0.39 is 12.0 Å². The molecule has 1 heterocycles. The number of rotatable bonds is 2. The summed E-state index contributed by atoms with van der Waals surface area (Å²) in [5.74, 6) is -0.962. The molecule has 0 aromatic heterocycles. The van der Waals surface area contributed by atoms with Gasteiger partial charge < -0.3 is 4.74 Å². The van der Waals surface area contributed by atoms with Crippen molar-refractivity contribution in [3.63, 3.8) is 0 Å². The van der Waals surface area contributed by atoms with E-state index in [0.29, 0.717) is 16.3 Å². The molecule has 0 aliphatic carbocycles. The third kappa shape index (κ3) is 2.68. The van der Waals surface area contributed by atoms with Gasteiger partial charge in [0, 0.05) is 5.02 Å². The Balaban J connectivity index is 2.06. The largest absolute Gasteiger partial charge is 0.427 e. The number of ether oxygens (including phenoxy) is 1.